The number of carbonyl (C=O) groups is 1. The second kappa shape index (κ2) is 9.00. The summed E-state index contributed by atoms with van der Waals surface area (Å²) in [5, 5.41) is 4.75. The van der Waals surface area contributed by atoms with Gasteiger partial charge < -0.3 is 8.98 Å². The number of fused-ring (bicyclic) bond motifs is 1. The second-order valence-electron chi connectivity index (χ2n) is 6.99. The average Bonchev–Trinajstić information content (AvgIpc) is 3.31. The standard InChI is InChI=1S/C23H22N4O2S/c1-16-7-10-18(11-8-16)14-27-21-6-4-3-5-20(21)25-23(27)30-15-22(28)26-24-13-19-12-9-17(2)29-19/h3-13H,14-15H2,1-2H3,(H,26,28)/b24-13-. The number of thioether (sulfide) groups is 1. The van der Waals surface area contributed by atoms with Crippen molar-refractivity contribution < 1.29 is 9.21 Å². The van der Waals surface area contributed by atoms with Crippen LogP contribution in [-0.4, -0.2) is 27.4 Å². The van der Waals surface area contributed by atoms with E-state index in [4.69, 9.17) is 9.40 Å². The summed E-state index contributed by atoms with van der Waals surface area (Å²) in [5.74, 6) is 1.41. The zero-order valence-electron chi connectivity index (χ0n) is 16.8. The Hall–Kier alpha value is -3.32. The van der Waals surface area contributed by atoms with Crippen LogP contribution in [0.15, 0.2) is 75.3 Å². The lowest BCUT2D eigenvalue weighted by Crippen LogP contribution is -2.20. The molecule has 6 nitrogen and oxygen atoms in total. The van der Waals surface area contributed by atoms with Gasteiger partial charge in [-0.05, 0) is 43.7 Å². The molecule has 152 valence electrons. The van der Waals surface area contributed by atoms with E-state index in [0.717, 1.165) is 22.0 Å². The molecule has 30 heavy (non-hydrogen) atoms. The molecule has 4 rings (SSSR count). The number of nitrogens with one attached hydrogen (secondary N) is 1. The van der Waals surface area contributed by atoms with Crippen LogP contribution in [0.2, 0.25) is 0 Å². The SMILES string of the molecule is Cc1ccc(Cn2c(SCC(=O)N/N=C\c3ccc(C)o3)nc3ccccc32)cc1. The molecule has 0 saturated heterocycles. The molecule has 0 fully saturated rings. The van der Waals surface area contributed by atoms with Gasteiger partial charge in [0, 0.05) is 0 Å². The molecule has 0 unspecified atom stereocenters. The molecule has 0 saturated carbocycles. The molecule has 4 aromatic rings. The fourth-order valence-electron chi connectivity index (χ4n) is 3.05. The topological polar surface area (TPSA) is 72.4 Å². The van der Waals surface area contributed by atoms with E-state index >= 15 is 0 Å². The predicted molar refractivity (Wildman–Crippen MR) is 120 cm³/mol. The van der Waals surface area contributed by atoms with Crippen molar-refractivity contribution in [3.63, 3.8) is 0 Å². The first-order chi connectivity index (χ1) is 14.6. The monoisotopic (exact) mass is 418 g/mol. The zero-order valence-corrected chi connectivity index (χ0v) is 17.6. The van der Waals surface area contributed by atoms with Gasteiger partial charge in [0.15, 0.2) is 5.16 Å². The third kappa shape index (κ3) is 4.80. The van der Waals surface area contributed by atoms with E-state index in [2.05, 4.69) is 52.3 Å². The molecule has 2 heterocycles. The number of aryl methyl sites for hydroxylation is 2. The maximum absolute atomic E-state index is 12.2. The van der Waals surface area contributed by atoms with Crippen LogP contribution in [0.3, 0.4) is 0 Å². The summed E-state index contributed by atoms with van der Waals surface area (Å²) >= 11 is 1.40. The minimum Gasteiger partial charge on any atom is -0.460 e. The first kappa shape index (κ1) is 20.0. The van der Waals surface area contributed by atoms with Crippen LogP contribution in [0.25, 0.3) is 11.0 Å². The molecule has 0 aliphatic rings. The Morgan fingerprint density at radius 1 is 1.13 bits per heavy atom. The number of hydrazone groups is 1. The minimum atomic E-state index is -0.200. The van der Waals surface area contributed by atoms with Crippen LogP contribution < -0.4 is 5.43 Å². The van der Waals surface area contributed by atoms with Crippen molar-refractivity contribution in [2.45, 2.75) is 25.5 Å². The molecule has 0 bridgehead atoms. The maximum Gasteiger partial charge on any atom is 0.250 e. The van der Waals surface area contributed by atoms with Gasteiger partial charge in [0.05, 0.1) is 29.5 Å². The molecule has 0 radical (unpaired) electrons. The Labute approximate surface area is 179 Å². The van der Waals surface area contributed by atoms with Gasteiger partial charge in [0.2, 0.25) is 0 Å². The van der Waals surface area contributed by atoms with Gasteiger partial charge in [-0.25, -0.2) is 10.4 Å². The van der Waals surface area contributed by atoms with Crippen molar-refractivity contribution in [2.24, 2.45) is 5.10 Å². The lowest BCUT2D eigenvalue weighted by molar-refractivity contribution is -0.118. The number of carbonyl (C=O) groups excluding carboxylic acids is 1. The highest BCUT2D eigenvalue weighted by molar-refractivity contribution is 7.99. The summed E-state index contributed by atoms with van der Waals surface area (Å²) < 4.78 is 7.53. The first-order valence-corrected chi connectivity index (χ1v) is 10.6. The highest BCUT2D eigenvalue weighted by Crippen LogP contribution is 2.25. The molecule has 1 N–H and O–H groups in total. The van der Waals surface area contributed by atoms with Crippen LogP contribution in [0.4, 0.5) is 0 Å². The normalized spacial score (nSPS) is 11.4. The van der Waals surface area contributed by atoms with E-state index in [1.807, 2.05) is 31.2 Å². The van der Waals surface area contributed by atoms with Crippen LogP contribution in [0, 0.1) is 13.8 Å². The Bertz CT molecular complexity index is 1190. The number of hydrogen-bond donors (Lipinski definition) is 1. The van der Waals surface area contributed by atoms with Crippen molar-refractivity contribution >= 4 is 34.9 Å². The Balaban J connectivity index is 1.45. The number of furan rings is 1. The molecule has 2 aromatic carbocycles. The third-order valence-electron chi connectivity index (χ3n) is 4.56. The fraction of sp³-hybridized carbons (Fsp3) is 0.174. The molecule has 0 aliphatic carbocycles. The minimum absolute atomic E-state index is 0.200. The van der Waals surface area contributed by atoms with Crippen LogP contribution in [-0.2, 0) is 11.3 Å². The Kier molecular flexibility index (Phi) is 5.99. The molecule has 7 heteroatoms. The Morgan fingerprint density at radius 2 is 1.93 bits per heavy atom. The van der Waals surface area contributed by atoms with Gasteiger partial charge in [-0.2, -0.15) is 5.10 Å². The van der Waals surface area contributed by atoms with Crippen LogP contribution in [0.1, 0.15) is 22.6 Å². The van der Waals surface area contributed by atoms with Crippen molar-refractivity contribution in [3.8, 4) is 0 Å². The number of aromatic nitrogens is 2. The van der Waals surface area contributed by atoms with Gasteiger partial charge in [0.1, 0.15) is 11.5 Å². The average molecular weight is 419 g/mol. The first-order valence-electron chi connectivity index (χ1n) is 9.60. The summed E-state index contributed by atoms with van der Waals surface area (Å²) in [6.07, 6.45) is 1.49. The van der Waals surface area contributed by atoms with E-state index in [9.17, 15) is 4.79 Å². The molecule has 0 atom stereocenters. The highest BCUT2D eigenvalue weighted by Gasteiger charge is 2.13. The Morgan fingerprint density at radius 3 is 2.70 bits per heavy atom. The quantitative estimate of drug-likeness (QED) is 0.272. The fourth-order valence-corrected chi connectivity index (χ4v) is 3.85. The molecule has 0 aliphatic heterocycles. The summed E-state index contributed by atoms with van der Waals surface area (Å²) in [4.78, 5) is 16.9. The molecular formula is C23H22N4O2S. The molecular weight excluding hydrogens is 396 g/mol. The lowest BCUT2D eigenvalue weighted by atomic mass is 10.1. The van der Waals surface area contributed by atoms with E-state index in [0.29, 0.717) is 12.3 Å². The van der Waals surface area contributed by atoms with Crippen LogP contribution in [0.5, 0.6) is 0 Å². The lowest BCUT2D eigenvalue weighted by Gasteiger charge is -2.09. The summed E-state index contributed by atoms with van der Waals surface area (Å²) in [6, 6.07) is 20.1. The number of imidazole rings is 1. The second-order valence-corrected chi connectivity index (χ2v) is 7.93. The molecule has 1 amide bonds. The van der Waals surface area contributed by atoms with Crippen molar-refractivity contribution in [1.82, 2.24) is 15.0 Å². The van der Waals surface area contributed by atoms with Crippen molar-refractivity contribution in [1.29, 1.82) is 0 Å². The van der Waals surface area contributed by atoms with Crippen molar-refractivity contribution in [3.05, 3.63) is 83.3 Å². The summed E-state index contributed by atoms with van der Waals surface area (Å²) in [6.45, 7) is 4.63. The van der Waals surface area contributed by atoms with Gasteiger partial charge in [-0.15, -0.1) is 0 Å². The van der Waals surface area contributed by atoms with E-state index < -0.39 is 0 Å². The molecule has 2 aromatic heterocycles. The highest BCUT2D eigenvalue weighted by atomic mass is 32.2. The van der Waals surface area contributed by atoms with E-state index in [1.54, 1.807) is 6.07 Å². The number of benzene rings is 2. The van der Waals surface area contributed by atoms with Crippen molar-refractivity contribution in [2.75, 3.05) is 5.75 Å². The number of amides is 1. The third-order valence-corrected chi connectivity index (χ3v) is 5.53. The number of hydrogen-bond acceptors (Lipinski definition) is 5. The largest absolute Gasteiger partial charge is 0.460 e. The maximum atomic E-state index is 12.2. The zero-order chi connectivity index (χ0) is 20.9. The van der Waals surface area contributed by atoms with Crippen LogP contribution >= 0.6 is 11.8 Å². The summed E-state index contributed by atoms with van der Waals surface area (Å²) in [7, 11) is 0. The van der Waals surface area contributed by atoms with E-state index in [-0.39, 0.29) is 11.7 Å². The number of nitrogens with zero attached hydrogens (tertiary/aromatic N) is 3. The summed E-state index contributed by atoms with van der Waals surface area (Å²) in [5.41, 5.74) is 6.91. The van der Waals surface area contributed by atoms with Gasteiger partial charge in [0.25, 0.3) is 5.91 Å². The number of para-hydroxylation sites is 2. The smallest absolute Gasteiger partial charge is 0.250 e. The van der Waals surface area contributed by atoms with E-state index in [1.165, 1.54) is 29.1 Å². The van der Waals surface area contributed by atoms with Gasteiger partial charge in [-0.1, -0.05) is 53.7 Å². The predicted octanol–water partition coefficient (Wildman–Crippen LogP) is 4.54. The number of rotatable bonds is 7. The molecule has 0 spiro atoms. The van der Waals surface area contributed by atoms with Gasteiger partial charge in [-0.3, -0.25) is 4.79 Å². The van der Waals surface area contributed by atoms with Gasteiger partial charge >= 0.3 is 0 Å².